The van der Waals surface area contributed by atoms with Crippen molar-refractivity contribution in [2.24, 2.45) is 0 Å². The van der Waals surface area contributed by atoms with Gasteiger partial charge in [-0.2, -0.15) is 0 Å². The number of hydrogen-bond donors (Lipinski definition) is 0. The van der Waals surface area contributed by atoms with Gasteiger partial charge in [0.15, 0.2) is 0 Å². The molecule has 0 aliphatic carbocycles. The fraction of sp³-hybridized carbons (Fsp3) is 1.00. The van der Waals surface area contributed by atoms with Gasteiger partial charge in [-0.3, -0.25) is 0 Å². The summed E-state index contributed by atoms with van der Waals surface area (Å²) in [5.41, 5.74) is 0. The predicted molar refractivity (Wildman–Crippen MR) is 52.2 cm³/mol. The van der Waals surface area contributed by atoms with Crippen LogP contribution in [0.5, 0.6) is 0 Å². The maximum absolute atomic E-state index is 5.57. The van der Waals surface area contributed by atoms with E-state index < -0.39 is 4.65 Å². The minimum atomic E-state index is -1.53. The Morgan fingerprint density at radius 3 is 1.91 bits per heavy atom. The first-order valence-electron chi connectivity index (χ1n) is 3.72. The molecule has 0 bridgehead atoms. The Kier molecular flexibility index (Phi) is 7.72. The van der Waals surface area contributed by atoms with Crippen molar-refractivity contribution in [1.29, 1.82) is 0 Å². The van der Waals surface area contributed by atoms with Crippen molar-refractivity contribution in [3.8, 4) is 0 Å². The molecule has 0 aromatic rings. The third kappa shape index (κ3) is 5.60. The van der Waals surface area contributed by atoms with Crippen LogP contribution in [0.15, 0.2) is 0 Å². The Bertz CT molecular complexity index is 117. The second-order valence-electron chi connectivity index (χ2n) is 1.70. The van der Waals surface area contributed by atoms with Crippen molar-refractivity contribution < 1.29 is 9.05 Å². The van der Waals surface area contributed by atoms with Gasteiger partial charge < -0.3 is 0 Å². The molecule has 0 aliphatic rings. The van der Waals surface area contributed by atoms with Crippen molar-refractivity contribution in [1.82, 2.24) is 0 Å². The molecule has 0 saturated heterocycles. The van der Waals surface area contributed by atoms with Crippen LogP contribution in [-0.4, -0.2) is 42.8 Å². The van der Waals surface area contributed by atoms with Gasteiger partial charge >= 0.3 is 82.6 Å². The first-order chi connectivity index (χ1) is 5.18. The molecule has 0 aromatic heterocycles. The summed E-state index contributed by atoms with van der Waals surface area (Å²) in [4.78, 5) is 0. The molecule has 0 rings (SSSR count). The summed E-state index contributed by atoms with van der Waals surface area (Å²) in [7, 11) is 0. The molecular weight excluding hydrogens is 293 g/mol. The van der Waals surface area contributed by atoms with Crippen LogP contribution in [-0.2, 0) is 9.05 Å². The zero-order chi connectivity index (χ0) is 8.74. The molecule has 0 aliphatic heterocycles. The van der Waals surface area contributed by atoms with Gasteiger partial charge in [-0.1, -0.05) is 0 Å². The second kappa shape index (κ2) is 6.86. The molecule has 0 N–H and O–H groups in total. The third-order valence-electron chi connectivity index (χ3n) is 0.862. The summed E-state index contributed by atoms with van der Waals surface area (Å²) in [5.74, 6) is 0. The zero-order valence-electron chi connectivity index (χ0n) is 7.20. The van der Waals surface area contributed by atoms with Crippen LogP contribution in [0, 0.1) is 0 Å². The van der Waals surface area contributed by atoms with Crippen molar-refractivity contribution in [2.45, 2.75) is 26.1 Å². The quantitative estimate of drug-likeness (QED) is 0.552. The van der Waals surface area contributed by atoms with Crippen molar-refractivity contribution in [2.75, 3.05) is 13.2 Å². The molecule has 0 saturated carbocycles. The van der Waals surface area contributed by atoms with E-state index in [0.29, 0.717) is 14.5 Å². The molecule has 11 heavy (non-hydrogen) atoms. The summed E-state index contributed by atoms with van der Waals surface area (Å²) in [6.07, 6.45) is 0. The molecular formula is C6H15O2PSe2. The molecule has 0 atom stereocenters. The Balaban J connectivity index is 3.91. The van der Waals surface area contributed by atoms with Gasteiger partial charge in [-0.25, -0.2) is 0 Å². The van der Waals surface area contributed by atoms with Gasteiger partial charge in [0.25, 0.3) is 0 Å². The van der Waals surface area contributed by atoms with Crippen LogP contribution >= 0.6 is 4.65 Å². The van der Waals surface area contributed by atoms with Crippen LogP contribution in [0.1, 0.15) is 20.8 Å². The van der Waals surface area contributed by atoms with E-state index in [1.165, 1.54) is 5.32 Å². The van der Waals surface area contributed by atoms with E-state index in [1.807, 2.05) is 13.8 Å². The average molecular weight is 308 g/mol. The van der Waals surface area contributed by atoms with E-state index in [9.17, 15) is 0 Å². The summed E-state index contributed by atoms with van der Waals surface area (Å²) >= 11 is 3.57. The summed E-state index contributed by atoms with van der Waals surface area (Å²) in [6, 6.07) is 0. The minimum absolute atomic E-state index is 0.485. The molecule has 0 radical (unpaired) electrons. The van der Waals surface area contributed by atoms with E-state index in [1.54, 1.807) is 0 Å². The summed E-state index contributed by atoms with van der Waals surface area (Å²) < 4.78 is 9.61. The van der Waals surface area contributed by atoms with Gasteiger partial charge in [0.05, 0.1) is 0 Å². The topological polar surface area (TPSA) is 18.5 Å². The monoisotopic (exact) mass is 310 g/mol. The van der Waals surface area contributed by atoms with E-state index in [-0.39, 0.29) is 0 Å². The summed E-state index contributed by atoms with van der Waals surface area (Å²) in [5, 5.41) is 1.17. The van der Waals surface area contributed by atoms with Gasteiger partial charge in [0.1, 0.15) is 0 Å². The molecule has 0 fully saturated rings. The third-order valence-corrected chi connectivity index (χ3v) is 12.3. The van der Waals surface area contributed by atoms with Crippen molar-refractivity contribution >= 4 is 34.3 Å². The Morgan fingerprint density at radius 2 is 1.64 bits per heavy atom. The first kappa shape index (κ1) is 12.4. The SMILES string of the molecule is CCOP(=[Se])(OCC)[Se]CC. The standard InChI is InChI=1S/C6H15O2PSe2/c1-4-7-9(10,8-5-2)11-6-3/h4-6H2,1-3H3. The van der Waals surface area contributed by atoms with Crippen LogP contribution < -0.4 is 0 Å². The Hall–Kier alpha value is 1.39. The Morgan fingerprint density at radius 1 is 1.18 bits per heavy atom. The van der Waals surface area contributed by atoms with Crippen molar-refractivity contribution in [3.05, 3.63) is 0 Å². The molecule has 0 aromatic carbocycles. The van der Waals surface area contributed by atoms with Crippen LogP contribution in [0.25, 0.3) is 0 Å². The molecule has 0 unspecified atom stereocenters. The van der Waals surface area contributed by atoms with Crippen LogP contribution in [0.3, 0.4) is 0 Å². The van der Waals surface area contributed by atoms with E-state index in [2.05, 4.69) is 22.0 Å². The van der Waals surface area contributed by atoms with Gasteiger partial charge in [0.2, 0.25) is 0 Å². The fourth-order valence-electron chi connectivity index (χ4n) is 0.586. The molecule has 5 heteroatoms. The fourth-order valence-corrected chi connectivity index (χ4v) is 10.8. The van der Waals surface area contributed by atoms with E-state index in [4.69, 9.17) is 9.05 Å². The second-order valence-corrected chi connectivity index (χ2v) is 15.8. The van der Waals surface area contributed by atoms with Crippen LogP contribution in [0.4, 0.5) is 0 Å². The predicted octanol–water partition coefficient (Wildman–Crippen LogP) is 2.05. The van der Waals surface area contributed by atoms with Gasteiger partial charge in [0, 0.05) is 0 Å². The van der Waals surface area contributed by atoms with Gasteiger partial charge in [-0.15, -0.1) is 0 Å². The normalized spacial score (nSPS) is 11.9. The van der Waals surface area contributed by atoms with Gasteiger partial charge in [-0.05, 0) is 0 Å². The molecule has 2 nitrogen and oxygen atoms in total. The zero-order valence-corrected chi connectivity index (χ0v) is 11.5. The maximum atomic E-state index is 5.57. The Labute approximate surface area is 82.6 Å². The molecule has 68 valence electrons. The molecule has 0 spiro atoms. The average Bonchev–Trinajstić information content (AvgIpc) is 1.88. The number of hydrogen-bond acceptors (Lipinski definition) is 2. The molecule has 0 heterocycles. The first-order valence-corrected chi connectivity index (χ1v) is 11.0. The van der Waals surface area contributed by atoms with Crippen LogP contribution in [0.2, 0.25) is 5.32 Å². The van der Waals surface area contributed by atoms with Crippen molar-refractivity contribution in [3.63, 3.8) is 0 Å². The molecule has 0 amide bonds. The van der Waals surface area contributed by atoms with E-state index >= 15 is 0 Å². The van der Waals surface area contributed by atoms with E-state index in [0.717, 1.165) is 13.2 Å². The number of rotatable bonds is 6. The summed E-state index contributed by atoms with van der Waals surface area (Å²) in [6.45, 7) is 7.70.